The van der Waals surface area contributed by atoms with Crippen LogP contribution < -0.4 is 5.32 Å². The van der Waals surface area contributed by atoms with E-state index >= 15 is 0 Å². The second kappa shape index (κ2) is 3.41. The van der Waals surface area contributed by atoms with Crippen molar-refractivity contribution >= 4 is 5.97 Å². The van der Waals surface area contributed by atoms with Gasteiger partial charge in [0, 0.05) is 19.5 Å². The summed E-state index contributed by atoms with van der Waals surface area (Å²) in [4.78, 5) is 13.4. The highest BCUT2D eigenvalue weighted by atomic mass is 16.5. The summed E-state index contributed by atoms with van der Waals surface area (Å²) in [5, 5.41) is 2.29. The quantitative estimate of drug-likeness (QED) is 0.473. The Morgan fingerprint density at radius 2 is 2.17 bits per heavy atom. The number of ether oxygens (including phenoxy) is 1. The lowest BCUT2D eigenvalue weighted by Gasteiger charge is -2.27. The molecule has 2 aliphatic rings. The number of carbonyl (C=O) groups excluding carboxylic acids is 1. The van der Waals surface area contributed by atoms with E-state index in [4.69, 9.17) is 4.74 Å². The molecule has 1 unspecified atom stereocenters. The Morgan fingerprint density at radius 3 is 2.75 bits per heavy atom. The van der Waals surface area contributed by atoms with Crippen LogP contribution in [0, 0.1) is 0 Å². The van der Waals surface area contributed by atoms with Gasteiger partial charge in [0.1, 0.15) is 6.04 Å². The third-order valence-electron chi connectivity index (χ3n) is 2.59. The van der Waals surface area contributed by atoms with Gasteiger partial charge in [0.05, 0.1) is 19.7 Å². The molecule has 0 radical (unpaired) electrons. The molecule has 0 saturated carbocycles. The lowest BCUT2D eigenvalue weighted by atomic mass is 10.2. The van der Waals surface area contributed by atoms with Crippen molar-refractivity contribution < 1.29 is 14.8 Å². The van der Waals surface area contributed by atoms with Gasteiger partial charge in [-0.25, -0.2) is 0 Å². The Hall–Kier alpha value is -0.610. The molecule has 0 aromatic rings. The van der Waals surface area contributed by atoms with E-state index in [1.807, 2.05) is 0 Å². The van der Waals surface area contributed by atoms with Crippen molar-refractivity contribution in [1.29, 1.82) is 0 Å². The number of piperazine rings is 1. The van der Waals surface area contributed by atoms with E-state index in [-0.39, 0.29) is 12.0 Å². The molecule has 0 amide bonds. The third kappa shape index (κ3) is 1.44. The first-order chi connectivity index (χ1) is 5.88. The molecule has 0 spiro atoms. The highest BCUT2D eigenvalue weighted by Crippen LogP contribution is 2.13. The Bertz CT molecular complexity index is 178. The molecule has 2 heterocycles. The van der Waals surface area contributed by atoms with Crippen molar-refractivity contribution in [3.8, 4) is 0 Å². The van der Waals surface area contributed by atoms with E-state index in [0.717, 1.165) is 32.6 Å². The standard InChI is InChI=1S/C8H14N2O2/c11-8-7(1-6-12-8)10-4-2-9-3-5-10/h7,9H,1-6H2/p+1. The third-order valence-corrected chi connectivity index (χ3v) is 2.59. The molecule has 0 aromatic carbocycles. The summed E-state index contributed by atoms with van der Waals surface area (Å²) < 4.78 is 4.93. The van der Waals surface area contributed by atoms with Gasteiger partial charge in [-0.15, -0.1) is 0 Å². The topological polar surface area (TPSA) is 46.1 Å². The average molecular weight is 171 g/mol. The predicted molar refractivity (Wildman–Crippen MR) is 42.6 cm³/mol. The average Bonchev–Trinajstić information content (AvgIpc) is 2.53. The Balaban J connectivity index is 1.93. The smallest absolute Gasteiger partial charge is 0.323 e. The summed E-state index contributed by atoms with van der Waals surface area (Å²) in [6, 6.07) is 0.0682. The largest absolute Gasteiger partial charge is 0.464 e. The minimum absolute atomic E-state index is 0.0168. The van der Waals surface area contributed by atoms with Crippen molar-refractivity contribution in [2.45, 2.75) is 12.5 Å². The molecule has 12 heavy (non-hydrogen) atoms. The van der Waals surface area contributed by atoms with Gasteiger partial charge in [-0.3, -0.25) is 9.69 Å². The van der Waals surface area contributed by atoms with Crippen molar-refractivity contribution in [2.75, 3.05) is 32.8 Å². The fraction of sp³-hybridized carbons (Fsp3) is 0.875. The molecule has 0 aliphatic carbocycles. The molecular weight excluding hydrogens is 156 g/mol. The monoisotopic (exact) mass is 171 g/mol. The number of nitrogens with two attached hydrogens (primary N) is 1. The van der Waals surface area contributed by atoms with Gasteiger partial charge < -0.3 is 10.1 Å². The van der Waals surface area contributed by atoms with Crippen LogP contribution >= 0.6 is 0 Å². The Kier molecular flexibility index (Phi) is 2.28. The fourth-order valence-electron chi connectivity index (χ4n) is 1.90. The highest BCUT2D eigenvalue weighted by molar-refractivity contribution is 5.77. The summed E-state index contributed by atoms with van der Waals surface area (Å²) in [6.45, 7) is 4.90. The number of carbonyl (C=O) groups is 1. The summed E-state index contributed by atoms with van der Waals surface area (Å²) in [7, 11) is 0. The van der Waals surface area contributed by atoms with Crippen LogP contribution in [0.15, 0.2) is 0 Å². The zero-order chi connectivity index (χ0) is 8.39. The Morgan fingerprint density at radius 1 is 1.42 bits per heavy atom. The van der Waals surface area contributed by atoms with Crippen molar-refractivity contribution in [1.82, 2.24) is 4.90 Å². The van der Waals surface area contributed by atoms with Gasteiger partial charge in [0.15, 0.2) is 0 Å². The summed E-state index contributed by atoms with van der Waals surface area (Å²) in [5.74, 6) is -0.0168. The number of rotatable bonds is 1. The van der Waals surface area contributed by atoms with Crippen molar-refractivity contribution in [3.63, 3.8) is 0 Å². The van der Waals surface area contributed by atoms with Crippen molar-refractivity contribution in [2.24, 2.45) is 0 Å². The molecule has 68 valence electrons. The molecule has 4 nitrogen and oxygen atoms in total. The molecule has 2 N–H and O–H groups in total. The van der Waals surface area contributed by atoms with Gasteiger partial charge in [0.2, 0.25) is 0 Å². The van der Waals surface area contributed by atoms with Crippen LogP contribution in [0.25, 0.3) is 0 Å². The van der Waals surface area contributed by atoms with Crippen LogP contribution in [0.1, 0.15) is 6.42 Å². The zero-order valence-corrected chi connectivity index (χ0v) is 7.16. The van der Waals surface area contributed by atoms with Crippen LogP contribution in [0.2, 0.25) is 0 Å². The maximum Gasteiger partial charge on any atom is 0.323 e. The normalized spacial score (nSPS) is 32.0. The predicted octanol–water partition coefficient (Wildman–Crippen LogP) is -1.82. The van der Waals surface area contributed by atoms with Gasteiger partial charge in [-0.1, -0.05) is 0 Å². The zero-order valence-electron chi connectivity index (χ0n) is 7.16. The van der Waals surface area contributed by atoms with Gasteiger partial charge in [0.25, 0.3) is 0 Å². The van der Waals surface area contributed by atoms with Crippen LogP contribution in [-0.2, 0) is 9.53 Å². The lowest BCUT2D eigenvalue weighted by Crippen LogP contribution is -2.90. The van der Waals surface area contributed by atoms with E-state index in [0.29, 0.717) is 6.61 Å². The van der Waals surface area contributed by atoms with Gasteiger partial charge in [-0.05, 0) is 0 Å². The second-order valence-corrected chi connectivity index (χ2v) is 3.37. The number of hydrogen-bond donors (Lipinski definition) is 1. The molecule has 1 atom stereocenters. The SMILES string of the molecule is O=C1OCCC1N1CC[NH2+]CC1. The molecule has 0 bridgehead atoms. The fourth-order valence-corrected chi connectivity index (χ4v) is 1.90. The van der Waals surface area contributed by atoms with E-state index in [9.17, 15) is 4.79 Å². The summed E-state index contributed by atoms with van der Waals surface area (Å²) >= 11 is 0. The molecular formula is C8H15N2O2+. The van der Waals surface area contributed by atoms with Crippen molar-refractivity contribution in [3.05, 3.63) is 0 Å². The van der Waals surface area contributed by atoms with E-state index in [1.165, 1.54) is 0 Å². The lowest BCUT2D eigenvalue weighted by molar-refractivity contribution is -0.663. The first kappa shape index (κ1) is 8.01. The second-order valence-electron chi connectivity index (χ2n) is 3.37. The van der Waals surface area contributed by atoms with E-state index < -0.39 is 0 Å². The number of cyclic esters (lactones) is 1. The first-order valence-electron chi connectivity index (χ1n) is 4.60. The number of quaternary nitrogens is 1. The summed E-state index contributed by atoms with van der Waals surface area (Å²) in [6.07, 6.45) is 0.888. The Labute approximate surface area is 71.9 Å². The molecule has 0 aromatic heterocycles. The minimum Gasteiger partial charge on any atom is -0.464 e. The highest BCUT2D eigenvalue weighted by Gasteiger charge is 2.33. The van der Waals surface area contributed by atoms with E-state index in [1.54, 1.807) is 0 Å². The van der Waals surface area contributed by atoms with Crippen LogP contribution in [0.5, 0.6) is 0 Å². The van der Waals surface area contributed by atoms with E-state index in [2.05, 4.69) is 10.2 Å². The molecule has 2 rings (SSSR count). The van der Waals surface area contributed by atoms with Gasteiger partial charge >= 0.3 is 5.97 Å². The molecule has 2 saturated heterocycles. The number of nitrogens with zero attached hydrogens (tertiary/aromatic N) is 1. The minimum atomic E-state index is -0.0168. The molecule has 2 aliphatic heterocycles. The van der Waals surface area contributed by atoms with Gasteiger partial charge in [-0.2, -0.15) is 0 Å². The maximum absolute atomic E-state index is 11.2. The number of hydrogen-bond acceptors (Lipinski definition) is 3. The molecule has 2 fully saturated rings. The van der Waals surface area contributed by atoms with Crippen LogP contribution in [0.3, 0.4) is 0 Å². The number of esters is 1. The van der Waals surface area contributed by atoms with Crippen LogP contribution in [-0.4, -0.2) is 49.7 Å². The maximum atomic E-state index is 11.2. The summed E-state index contributed by atoms with van der Waals surface area (Å²) in [5.41, 5.74) is 0. The molecule has 4 heteroatoms. The van der Waals surface area contributed by atoms with Crippen LogP contribution in [0.4, 0.5) is 0 Å². The first-order valence-corrected chi connectivity index (χ1v) is 4.60.